The fourth-order valence-corrected chi connectivity index (χ4v) is 3.16. The van der Waals surface area contributed by atoms with Crippen molar-refractivity contribution in [2.24, 2.45) is 0 Å². The Kier molecular flexibility index (Phi) is 8.34. The largest absolute Gasteiger partial charge is 0.288 e. The lowest BCUT2D eigenvalue weighted by molar-refractivity contribution is 0.0701. The van der Waals surface area contributed by atoms with Crippen LogP contribution < -0.4 is 11.0 Å². The van der Waals surface area contributed by atoms with Crippen LogP contribution in [0.5, 0.6) is 0 Å². The quantitative estimate of drug-likeness (QED) is 0.418. The van der Waals surface area contributed by atoms with Gasteiger partial charge < -0.3 is 0 Å². The maximum absolute atomic E-state index is 11.2. The summed E-state index contributed by atoms with van der Waals surface area (Å²) in [6, 6.07) is 11.1. The van der Waals surface area contributed by atoms with Crippen molar-refractivity contribution in [2.75, 3.05) is 0 Å². The van der Waals surface area contributed by atoms with Crippen molar-refractivity contribution in [1.29, 1.82) is 0 Å². The molecule has 0 saturated carbocycles. The van der Waals surface area contributed by atoms with Crippen LogP contribution in [-0.4, -0.2) is 22.2 Å². The molecule has 2 aromatic carbocycles. The van der Waals surface area contributed by atoms with Gasteiger partial charge in [-0.05, 0) is 65.1 Å². The molecule has 6 heteroatoms. The van der Waals surface area contributed by atoms with Gasteiger partial charge in [0.25, 0.3) is 11.8 Å². The second-order valence-electron chi connectivity index (χ2n) is 9.44. The van der Waals surface area contributed by atoms with Crippen molar-refractivity contribution in [1.82, 2.24) is 11.0 Å². The second-order valence-corrected chi connectivity index (χ2v) is 9.44. The first-order chi connectivity index (χ1) is 13.7. The summed E-state index contributed by atoms with van der Waals surface area (Å²) in [5.74, 6) is -0.938. The zero-order chi connectivity index (χ0) is 23.3. The number of aryl methyl sites for hydroxylation is 2. The van der Waals surface area contributed by atoms with Crippen LogP contribution in [0.15, 0.2) is 36.4 Å². The topological polar surface area (TPSA) is 98.7 Å². The summed E-state index contributed by atoms with van der Waals surface area (Å²) in [4.78, 5) is 22.4. The molecule has 0 unspecified atom stereocenters. The average Bonchev–Trinajstić information content (AvgIpc) is 2.65. The summed E-state index contributed by atoms with van der Waals surface area (Å²) < 4.78 is 0. The first-order valence-electron chi connectivity index (χ1n) is 9.83. The normalized spacial score (nSPS) is 11.3. The molecule has 2 rings (SSSR count). The smallest absolute Gasteiger partial charge is 0.274 e. The average molecular weight is 415 g/mol. The molecule has 0 aliphatic rings. The lowest BCUT2D eigenvalue weighted by Gasteiger charge is -2.21. The summed E-state index contributed by atoms with van der Waals surface area (Å²) in [5.41, 5.74) is 8.69. The van der Waals surface area contributed by atoms with Crippen molar-refractivity contribution in [3.05, 3.63) is 69.8 Å². The number of benzene rings is 2. The van der Waals surface area contributed by atoms with E-state index in [1.807, 2.05) is 32.0 Å². The van der Waals surface area contributed by atoms with Crippen LogP contribution in [0.25, 0.3) is 0 Å². The predicted octanol–water partition coefficient (Wildman–Crippen LogP) is 4.82. The van der Waals surface area contributed by atoms with Crippen molar-refractivity contribution in [3.63, 3.8) is 0 Å². The molecule has 2 amide bonds. The van der Waals surface area contributed by atoms with Crippen molar-refractivity contribution < 1.29 is 20.0 Å². The highest BCUT2D eigenvalue weighted by Gasteiger charge is 2.17. The van der Waals surface area contributed by atoms with Crippen LogP contribution in [-0.2, 0) is 10.8 Å². The van der Waals surface area contributed by atoms with Gasteiger partial charge in [-0.3, -0.25) is 20.0 Å². The van der Waals surface area contributed by atoms with Gasteiger partial charge >= 0.3 is 0 Å². The molecule has 0 aromatic heterocycles. The Morgan fingerprint density at radius 1 is 0.733 bits per heavy atom. The van der Waals surface area contributed by atoms with Crippen LogP contribution in [0.3, 0.4) is 0 Å². The number of hydrogen-bond donors (Lipinski definition) is 4. The van der Waals surface area contributed by atoms with Gasteiger partial charge in [0.2, 0.25) is 0 Å². The van der Waals surface area contributed by atoms with Crippen molar-refractivity contribution in [2.45, 2.75) is 66.2 Å². The van der Waals surface area contributed by atoms with Crippen LogP contribution in [0.4, 0.5) is 0 Å². The van der Waals surface area contributed by atoms with E-state index in [1.54, 1.807) is 29.2 Å². The SMILES string of the molecule is Cc1cc(C(=O)NO)ccc1C(C)(C)C.Cc1cc(C(C)(C)C)ccc1C(=O)NO. The first-order valence-corrected chi connectivity index (χ1v) is 9.83. The highest BCUT2D eigenvalue weighted by atomic mass is 16.5. The minimum absolute atomic E-state index is 0.0678. The molecule has 0 radical (unpaired) electrons. The number of carbonyl (C=O) groups excluding carboxylic acids is 2. The molecule has 0 bridgehead atoms. The fraction of sp³-hybridized carbons (Fsp3) is 0.417. The van der Waals surface area contributed by atoms with E-state index in [-0.39, 0.29) is 10.8 Å². The molecule has 0 aliphatic heterocycles. The summed E-state index contributed by atoms with van der Waals surface area (Å²) >= 11 is 0. The highest BCUT2D eigenvalue weighted by molar-refractivity contribution is 5.95. The van der Waals surface area contributed by atoms with Gasteiger partial charge in [-0.1, -0.05) is 59.7 Å². The second kappa shape index (κ2) is 9.87. The molecular formula is C24H34N2O4. The van der Waals surface area contributed by atoms with Crippen LogP contribution in [0, 0.1) is 13.8 Å². The van der Waals surface area contributed by atoms with Crippen LogP contribution in [0.1, 0.15) is 84.5 Å². The molecule has 0 heterocycles. The molecule has 2 aromatic rings. The molecule has 30 heavy (non-hydrogen) atoms. The number of rotatable bonds is 2. The number of nitrogens with one attached hydrogen (secondary N) is 2. The molecule has 0 atom stereocenters. The van der Waals surface area contributed by atoms with E-state index in [4.69, 9.17) is 10.4 Å². The van der Waals surface area contributed by atoms with E-state index < -0.39 is 11.8 Å². The third-order valence-electron chi connectivity index (χ3n) is 4.84. The summed E-state index contributed by atoms with van der Waals surface area (Å²) in [7, 11) is 0. The molecule has 0 spiro atoms. The fourth-order valence-electron chi connectivity index (χ4n) is 3.16. The summed E-state index contributed by atoms with van der Waals surface area (Å²) in [6.07, 6.45) is 0. The minimum Gasteiger partial charge on any atom is -0.288 e. The van der Waals surface area contributed by atoms with E-state index in [0.29, 0.717) is 11.1 Å². The third kappa shape index (κ3) is 6.68. The van der Waals surface area contributed by atoms with E-state index in [0.717, 1.165) is 11.1 Å². The lowest BCUT2D eigenvalue weighted by Crippen LogP contribution is -2.20. The zero-order valence-electron chi connectivity index (χ0n) is 19.2. The van der Waals surface area contributed by atoms with Gasteiger partial charge in [0.15, 0.2) is 0 Å². The zero-order valence-corrected chi connectivity index (χ0v) is 19.2. The molecule has 164 valence electrons. The molecule has 4 N–H and O–H groups in total. The molecule has 6 nitrogen and oxygen atoms in total. The van der Waals surface area contributed by atoms with E-state index in [1.165, 1.54) is 11.1 Å². The molecule has 0 aliphatic carbocycles. The minimum atomic E-state index is -0.474. The van der Waals surface area contributed by atoms with Gasteiger partial charge in [0.05, 0.1) is 0 Å². The maximum Gasteiger partial charge on any atom is 0.274 e. The van der Waals surface area contributed by atoms with Crippen molar-refractivity contribution >= 4 is 11.8 Å². The number of hydrogen-bond acceptors (Lipinski definition) is 4. The number of carbonyl (C=O) groups is 2. The van der Waals surface area contributed by atoms with Crippen LogP contribution in [0.2, 0.25) is 0 Å². The van der Waals surface area contributed by atoms with E-state index >= 15 is 0 Å². The lowest BCUT2D eigenvalue weighted by atomic mass is 9.83. The van der Waals surface area contributed by atoms with E-state index in [2.05, 4.69) is 41.5 Å². The predicted molar refractivity (Wildman–Crippen MR) is 118 cm³/mol. The number of amides is 2. The van der Waals surface area contributed by atoms with Gasteiger partial charge in [0.1, 0.15) is 0 Å². The van der Waals surface area contributed by atoms with Gasteiger partial charge in [0, 0.05) is 11.1 Å². The van der Waals surface area contributed by atoms with Crippen molar-refractivity contribution in [3.8, 4) is 0 Å². The van der Waals surface area contributed by atoms with E-state index in [9.17, 15) is 9.59 Å². The van der Waals surface area contributed by atoms with Gasteiger partial charge in [-0.15, -0.1) is 0 Å². The Balaban J connectivity index is 0.000000300. The van der Waals surface area contributed by atoms with Gasteiger partial charge in [-0.25, -0.2) is 11.0 Å². The third-order valence-corrected chi connectivity index (χ3v) is 4.84. The van der Waals surface area contributed by atoms with Crippen LogP contribution >= 0.6 is 0 Å². The van der Waals surface area contributed by atoms with Gasteiger partial charge in [-0.2, -0.15) is 0 Å². The molecule has 0 fully saturated rings. The monoisotopic (exact) mass is 414 g/mol. The summed E-state index contributed by atoms with van der Waals surface area (Å²) in [6.45, 7) is 16.6. The highest BCUT2D eigenvalue weighted by Crippen LogP contribution is 2.26. The Labute approximate surface area is 179 Å². The number of hydroxylamine groups is 2. The first kappa shape index (κ1) is 25.3. The maximum atomic E-state index is 11.2. The molecule has 0 saturated heterocycles. The Bertz CT molecular complexity index is 906. The Morgan fingerprint density at radius 2 is 1.30 bits per heavy atom. The Hall–Kier alpha value is -2.70. The summed E-state index contributed by atoms with van der Waals surface area (Å²) in [5, 5.41) is 17.1. The Morgan fingerprint density at radius 3 is 1.70 bits per heavy atom. The molecular weight excluding hydrogens is 380 g/mol. The standard InChI is InChI=1S/2C12H17NO2/c1-8-7-9(12(2,3)4)5-6-10(8)11(14)13-15;1-8-7-9(11(14)13-15)5-6-10(8)12(2,3)4/h2*5-7,15H,1-4H3,(H,13,14).